The maximum Gasteiger partial charge on any atom is 0.305 e. The summed E-state index contributed by atoms with van der Waals surface area (Å²) in [6.45, 7) is 5.01. The van der Waals surface area contributed by atoms with Gasteiger partial charge in [0.1, 0.15) is 0 Å². The van der Waals surface area contributed by atoms with Gasteiger partial charge in [-0.1, -0.05) is 417 Å². The van der Waals surface area contributed by atoms with E-state index in [0.29, 0.717) is 25.9 Å². The maximum atomic E-state index is 12.6. The molecule has 0 aromatic heterocycles. The molecule has 3 N–H and O–H groups in total. The zero-order valence-corrected chi connectivity index (χ0v) is 62.1. The van der Waals surface area contributed by atoms with Crippen molar-refractivity contribution < 1.29 is 24.5 Å². The molecule has 0 aromatic carbocycles. The number of allylic oxidation sites excluding steroid dienone is 4. The summed E-state index contributed by atoms with van der Waals surface area (Å²) >= 11 is 0. The van der Waals surface area contributed by atoms with E-state index in [9.17, 15) is 19.8 Å². The van der Waals surface area contributed by atoms with Gasteiger partial charge in [0.2, 0.25) is 5.91 Å². The van der Waals surface area contributed by atoms with Crippen molar-refractivity contribution in [2.75, 3.05) is 13.2 Å². The molecule has 0 aliphatic carbocycles. The smallest absolute Gasteiger partial charge is 0.305 e. The molecule has 0 heterocycles. The average molecular weight is 1280 g/mol. The second-order valence-corrected chi connectivity index (χ2v) is 29.2. The van der Waals surface area contributed by atoms with Crippen LogP contribution in [-0.4, -0.2) is 47.4 Å². The number of hydrogen-bond acceptors (Lipinski definition) is 5. The molecular weight excluding hydrogens is 1110 g/mol. The number of amides is 1. The summed E-state index contributed by atoms with van der Waals surface area (Å²) in [5.74, 6) is -0.00731. The summed E-state index contributed by atoms with van der Waals surface area (Å²) in [6.07, 6.45) is 104. The summed E-state index contributed by atoms with van der Waals surface area (Å²) in [5, 5.41) is 23.5. The Kier molecular flexibility index (Phi) is 79.3. The Hall–Kier alpha value is -1.66. The minimum Gasteiger partial charge on any atom is -0.466 e. The van der Waals surface area contributed by atoms with E-state index in [1.807, 2.05) is 0 Å². The Balaban J connectivity index is 3.34. The normalized spacial score (nSPS) is 12.5. The molecule has 0 aliphatic heterocycles. The van der Waals surface area contributed by atoms with Crippen molar-refractivity contribution in [1.29, 1.82) is 0 Å². The Morgan fingerprint density at radius 1 is 0.297 bits per heavy atom. The number of carbonyl (C=O) groups excluding carboxylic acids is 2. The van der Waals surface area contributed by atoms with Gasteiger partial charge in [0.05, 0.1) is 25.4 Å². The molecule has 0 rings (SSSR count). The number of hydrogen-bond donors (Lipinski definition) is 3. The molecule has 2 atom stereocenters. The largest absolute Gasteiger partial charge is 0.466 e. The van der Waals surface area contributed by atoms with Crippen molar-refractivity contribution in [1.82, 2.24) is 5.32 Å². The first-order valence-corrected chi connectivity index (χ1v) is 42.1. The molecule has 0 saturated heterocycles. The van der Waals surface area contributed by atoms with E-state index < -0.39 is 12.1 Å². The number of aliphatic hydroxyl groups is 2. The SMILES string of the molecule is CCCCCCCC/C=C\CCCCCCCCCCCC(=O)OCCCCCCCCCCCCCC/C=C\CCCCCCCCCCCCCCCCCCC(=O)NC(CO)C(O)CCCCCCCCCCCCCCCCCCCCCCCCC. The zero-order chi connectivity index (χ0) is 65.6. The minimum atomic E-state index is -0.664. The van der Waals surface area contributed by atoms with E-state index in [1.54, 1.807) is 0 Å². The van der Waals surface area contributed by atoms with Crippen LogP contribution in [0.15, 0.2) is 24.3 Å². The topological polar surface area (TPSA) is 95.9 Å². The second-order valence-electron chi connectivity index (χ2n) is 29.2. The molecule has 0 bridgehead atoms. The van der Waals surface area contributed by atoms with E-state index in [4.69, 9.17) is 4.74 Å². The van der Waals surface area contributed by atoms with Crippen LogP contribution in [-0.2, 0) is 14.3 Å². The van der Waals surface area contributed by atoms with Gasteiger partial charge in [0.15, 0.2) is 0 Å². The number of carbonyl (C=O) groups is 2. The van der Waals surface area contributed by atoms with Crippen LogP contribution in [0.25, 0.3) is 0 Å². The van der Waals surface area contributed by atoms with Crippen molar-refractivity contribution in [2.45, 2.75) is 495 Å². The van der Waals surface area contributed by atoms with Gasteiger partial charge in [-0.15, -0.1) is 0 Å². The molecular formula is C85H165NO5. The van der Waals surface area contributed by atoms with E-state index in [-0.39, 0.29) is 18.5 Å². The summed E-state index contributed by atoms with van der Waals surface area (Å²) in [6, 6.07) is -0.541. The lowest BCUT2D eigenvalue weighted by Crippen LogP contribution is -2.45. The number of ether oxygens (including phenoxy) is 1. The third-order valence-corrected chi connectivity index (χ3v) is 20.0. The van der Waals surface area contributed by atoms with E-state index in [1.165, 1.54) is 411 Å². The lowest BCUT2D eigenvalue weighted by atomic mass is 10.0. The quantitative estimate of drug-likeness (QED) is 0.0320. The highest BCUT2D eigenvalue weighted by molar-refractivity contribution is 5.76. The lowest BCUT2D eigenvalue weighted by Gasteiger charge is -2.22. The van der Waals surface area contributed by atoms with Crippen LogP contribution in [0.5, 0.6) is 0 Å². The van der Waals surface area contributed by atoms with E-state index >= 15 is 0 Å². The van der Waals surface area contributed by atoms with Gasteiger partial charge in [-0.25, -0.2) is 0 Å². The van der Waals surface area contributed by atoms with E-state index in [0.717, 1.165) is 38.5 Å². The highest BCUT2D eigenvalue weighted by Gasteiger charge is 2.20. The van der Waals surface area contributed by atoms with Crippen LogP contribution in [0.1, 0.15) is 483 Å². The second kappa shape index (κ2) is 80.8. The fourth-order valence-corrected chi connectivity index (χ4v) is 13.6. The van der Waals surface area contributed by atoms with Crippen molar-refractivity contribution in [3.63, 3.8) is 0 Å². The number of unbranched alkanes of at least 4 members (excludes halogenated alkanes) is 65. The Bertz CT molecular complexity index is 1430. The average Bonchev–Trinajstić information content (AvgIpc) is 3.66. The summed E-state index contributed by atoms with van der Waals surface area (Å²) in [4.78, 5) is 24.7. The van der Waals surface area contributed by atoms with Crippen LogP contribution in [0, 0.1) is 0 Å². The summed E-state index contributed by atoms with van der Waals surface area (Å²) in [5.41, 5.74) is 0. The van der Waals surface area contributed by atoms with Crippen LogP contribution in [0.3, 0.4) is 0 Å². The van der Waals surface area contributed by atoms with Crippen molar-refractivity contribution in [3.05, 3.63) is 24.3 Å². The molecule has 1 amide bonds. The van der Waals surface area contributed by atoms with Crippen LogP contribution < -0.4 is 5.32 Å². The molecule has 0 spiro atoms. The Morgan fingerprint density at radius 2 is 0.516 bits per heavy atom. The lowest BCUT2D eigenvalue weighted by molar-refractivity contribution is -0.143. The zero-order valence-electron chi connectivity index (χ0n) is 62.1. The highest BCUT2D eigenvalue weighted by atomic mass is 16.5. The number of aliphatic hydroxyl groups excluding tert-OH is 2. The van der Waals surface area contributed by atoms with Crippen LogP contribution in [0.2, 0.25) is 0 Å². The molecule has 91 heavy (non-hydrogen) atoms. The molecule has 0 aromatic rings. The number of esters is 1. The van der Waals surface area contributed by atoms with Crippen molar-refractivity contribution >= 4 is 11.9 Å². The summed E-state index contributed by atoms with van der Waals surface area (Å²) < 4.78 is 5.52. The molecule has 0 aliphatic rings. The van der Waals surface area contributed by atoms with Crippen LogP contribution >= 0.6 is 0 Å². The van der Waals surface area contributed by atoms with Gasteiger partial charge >= 0.3 is 5.97 Å². The van der Waals surface area contributed by atoms with Crippen molar-refractivity contribution in [3.8, 4) is 0 Å². The molecule has 0 fully saturated rings. The summed E-state index contributed by atoms with van der Waals surface area (Å²) in [7, 11) is 0. The maximum absolute atomic E-state index is 12.6. The predicted octanol–water partition coefficient (Wildman–Crippen LogP) is 28.0. The minimum absolute atomic E-state index is 0.0191. The van der Waals surface area contributed by atoms with E-state index in [2.05, 4.69) is 43.5 Å². The molecule has 2 unspecified atom stereocenters. The first kappa shape index (κ1) is 89.3. The number of nitrogens with one attached hydrogen (secondary N) is 1. The Morgan fingerprint density at radius 3 is 0.780 bits per heavy atom. The fourth-order valence-electron chi connectivity index (χ4n) is 13.6. The predicted molar refractivity (Wildman–Crippen MR) is 403 cm³/mol. The van der Waals surface area contributed by atoms with Gasteiger partial charge in [-0.3, -0.25) is 9.59 Å². The van der Waals surface area contributed by atoms with Gasteiger partial charge < -0.3 is 20.3 Å². The first-order chi connectivity index (χ1) is 45.0. The van der Waals surface area contributed by atoms with Crippen LogP contribution in [0.4, 0.5) is 0 Å². The molecule has 6 nitrogen and oxygen atoms in total. The molecule has 6 heteroatoms. The molecule has 0 radical (unpaired) electrons. The monoisotopic (exact) mass is 1280 g/mol. The fraction of sp³-hybridized carbons (Fsp3) is 0.929. The Labute approximate surface area is 571 Å². The first-order valence-electron chi connectivity index (χ1n) is 42.1. The van der Waals surface area contributed by atoms with Crippen molar-refractivity contribution in [2.24, 2.45) is 0 Å². The highest BCUT2D eigenvalue weighted by Crippen LogP contribution is 2.20. The standard InChI is InChI=1S/C85H165NO5/c1-3-5-7-9-11-13-15-17-19-21-23-24-35-38-42-45-49-53-57-61-65-69-73-77-83(88)82(81-87)86-84(89)78-74-70-66-62-58-54-50-46-43-39-36-33-31-29-27-25-26-28-30-32-34-37-40-44-48-52-56-60-64-68-72-76-80-91-85(90)79-75-71-67-63-59-55-51-47-41-22-20-18-16-14-12-10-8-6-4-2/h18,20,28,30,82-83,87-88H,3-17,19,21-27,29,31-81H2,1-2H3,(H,86,89)/b20-18-,30-28-. The molecule has 0 saturated carbocycles. The van der Waals surface area contributed by atoms with Gasteiger partial charge in [-0.05, 0) is 77.0 Å². The van der Waals surface area contributed by atoms with Gasteiger partial charge in [0, 0.05) is 12.8 Å². The number of rotatable bonds is 80. The third kappa shape index (κ3) is 77.2. The van der Waals surface area contributed by atoms with Gasteiger partial charge in [-0.2, -0.15) is 0 Å². The molecule has 540 valence electrons. The van der Waals surface area contributed by atoms with Gasteiger partial charge in [0.25, 0.3) is 0 Å². The third-order valence-electron chi connectivity index (χ3n) is 20.0.